The zero-order valence-corrected chi connectivity index (χ0v) is 17.3. The van der Waals surface area contributed by atoms with Gasteiger partial charge in [-0.1, -0.05) is 5.16 Å². The van der Waals surface area contributed by atoms with Crippen LogP contribution in [0.1, 0.15) is 71.7 Å². The van der Waals surface area contributed by atoms with Crippen LogP contribution in [0.15, 0.2) is 10.6 Å². The minimum Gasteiger partial charge on any atom is -0.462 e. The van der Waals surface area contributed by atoms with Gasteiger partial charge in [0, 0.05) is 22.0 Å². The van der Waals surface area contributed by atoms with Crippen LogP contribution in [-0.2, 0) is 16.7 Å². The number of nitrogens with one attached hydrogen (secondary N) is 2. The summed E-state index contributed by atoms with van der Waals surface area (Å²) >= 11 is 1.40. The topological polar surface area (TPSA) is 93.5 Å². The normalized spacial score (nSPS) is 17.3. The molecule has 1 aliphatic heterocycles. The molecule has 146 valence electrons. The van der Waals surface area contributed by atoms with Crippen molar-refractivity contribution in [2.24, 2.45) is 0 Å². The summed E-state index contributed by atoms with van der Waals surface area (Å²) in [6, 6.07) is 1.56. The van der Waals surface area contributed by atoms with Crippen LogP contribution in [0, 0.1) is 6.92 Å². The number of amides is 1. The Morgan fingerprint density at radius 3 is 2.67 bits per heavy atom. The number of hydrogen-bond donors (Lipinski definition) is 2. The molecule has 8 heteroatoms. The molecule has 3 rings (SSSR count). The third-order valence-electron chi connectivity index (χ3n) is 4.40. The Hall–Kier alpha value is -2.19. The van der Waals surface area contributed by atoms with Crippen molar-refractivity contribution >= 4 is 28.2 Å². The molecule has 3 heterocycles. The van der Waals surface area contributed by atoms with Gasteiger partial charge in [0.15, 0.2) is 0 Å². The molecule has 0 atom stereocenters. The molecular weight excluding hydrogens is 366 g/mol. The molecule has 0 aliphatic carbocycles. The summed E-state index contributed by atoms with van der Waals surface area (Å²) < 4.78 is 10.3. The summed E-state index contributed by atoms with van der Waals surface area (Å²) in [5, 5.41) is 10.6. The largest absolute Gasteiger partial charge is 0.462 e. The van der Waals surface area contributed by atoms with Gasteiger partial charge in [-0.15, -0.1) is 11.3 Å². The predicted octanol–water partition coefficient (Wildman–Crippen LogP) is 3.63. The van der Waals surface area contributed by atoms with E-state index in [4.69, 9.17) is 9.26 Å². The molecular formula is C19H25N3O4S. The Morgan fingerprint density at radius 2 is 2.07 bits per heavy atom. The fraction of sp³-hybridized carbons (Fsp3) is 0.526. The van der Waals surface area contributed by atoms with Crippen LogP contribution in [0.5, 0.6) is 0 Å². The standard InChI is InChI=1S/C19H25N3O4S/c1-7-25-17(24)13-11-9-18(3,4)22-19(5,6)14(11)27-16(13)20-15(23)12-8-10(2)21-26-12/h8,22H,7,9H2,1-6H3,(H,20,23). The number of thiophene rings is 1. The molecule has 2 aromatic rings. The zero-order chi connectivity index (χ0) is 20.0. The van der Waals surface area contributed by atoms with Crippen LogP contribution >= 0.6 is 11.3 Å². The van der Waals surface area contributed by atoms with E-state index in [0.717, 1.165) is 10.4 Å². The number of fused-ring (bicyclic) bond motifs is 1. The van der Waals surface area contributed by atoms with E-state index in [2.05, 4.69) is 43.5 Å². The Labute approximate surface area is 162 Å². The maximum Gasteiger partial charge on any atom is 0.341 e. The first kappa shape index (κ1) is 19.6. The fourth-order valence-corrected chi connectivity index (χ4v) is 4.93. The Kier molecular flexibility index (Phi) is 4.90. The molecule has 7 nitrogen and oxygen atoms in total. The van der Waals surface area contributed by atoms with Crippen LogP contribution in [0.3, 0.4) is 0 Å². The van der Waals surface area contributed by atoms with Crippen LogP contribution < -0.4 is 10.6 Å². The summed E-state index contributed by atoms with van der Waals surface area (Å²) in [4.78, 5) is 26.3. The second kappa shape index (κ2) is 6.76. The highest BCUT2D eigenvalue weighted by molar-refractivity contribution is 7.17. The lowest BCUT2D eigenvalue weighted by Crippen LogP contribution is -2.55. The monoisotopic (exact) mass is 391 g/mol. The highest BCUT2D eigenvalue weighted by Gasteiger charge is 2.42. The van der Waals surface area contributed by atoms with E-state index in [-0.39, 0.29) is 23.4 Å². The first-order valence-electron chi connectivity index (χ1n) is 8.91. The summed E-state index contributed by atoms with van der Waals surface area (Å²) in [5.41, 5.74) is 1.44. The lowest BCUT2D eigenvalue weighted by atomic mass is 9.81. The van der Waals surface area contributed by atoms with Gasteiger partial charge in [0.05, 0.1) is 17.9 Å². The molecule has 0 saturated heterocycles. The predicted molar refractivity (Wildman–Crippen MR) is 103 cm³/mol. The first-order valence-corrected chi connectivity index (χ1v) is 9.73. The van der Waals surface area contributed by atoms with Crippen molar-refractivity contribution in [3.8, 4) is 0 Å². The quantitative estimate of drug-likeness (QED) is 0.773. The summed E-state index contributed by atoms with van der Waals surface area (Å²) in [5.74, 6) is -0.760. The summed E-state index contributed by atoms with van der Waals surface area (Å²) in [6.45, 7) is 12.1. The highest BCUT2D eigenvalue weighted by atomic mass is 32.1. The van der Waals surface area contributed by atoms with Gasteiger partial charge in [-0.2, -0.15) is 0 Å². The van der Waals surface area contributed by atoms with Crippen molar-refractivity contribution in [1.82, 2.24) is 10.5 Å². The fourth-order valence-electron chi connectivity index (χ4n) is 3.67. The molecule has 2 aromatic heterocycles. The van der Waals surface area contributed by atoms with E-state index in [9.17, 15) is 9.59 Å². The van der Waals surface area contributed by atoms with Crippen LogP contribution in [0.2, 0.25) is 0 Å². The average Bonchev–Trinajstić information content (AvgIpc) is 3.10. The minimum absolute atomic E-state index is 0.103. The van der Waals surface area contributed by atoms with E-state index < -0.39 is 11.9 Å². The average molecular weight is 391 g/mol. The van der Waals surface area contributed by atoms with Gasteiger partial charge in [-0.3, -0.25) is 4.79 Å². The molecule has 1 aliphatic rings. The van der Waals surface area contributed by atoms with Crippen molar-refractivity contribution in [1.29, 1.82) is 0 Å². The summed E-state index contributed by atoms with van der Waals surface area (Å²) in [7, 11) is 0. The van der Waals surface area contributed by atoms with Gasteiger partial charge in [0.25, 0.3) is 5.91 Å². The van der Waals surface area contributed by atoms with Crippen molar-refractivity contribution < 1.29 is 18.8 Å². The van der Waals surface area contributed by atoms with E-state index in [0.29, 0.717) is 22.7 Å². The van der Waals surface area contributed by atoms with Gasteiger partial charge < -0.3 is 19.9 Å². The van der Waals surface area contributed by atoms with Crippen LogP contribution in [0.4, 0.5) is 5.00 Å². The van der Waals surface area contributed by atoms with E-state index in [1.165, 1.54) is 11.3 Å². The Balaban J connectivity index is 2.07. The number of ether oxygens (including phenoxy) is 1. The highest BCUT2D eigenvalue weighted by Crippen LogP contribution is 2.45. The number of anilines is 1. The van der Waals surface area contributed by atoms with Gasteiger partial charge >= 0.3 is 5.97 Å². The molecule has 0 radical (unpaired) electrons. The molecule has 0 saturated carbocycles. The Bertz CT molecular complexity index is 895. The lowest BCUT2D eigenvalue weighted by molar-refractivity contribution is 0.0525. The van der Waals surface area contributed by atoms with Gasteiger partial charge in [0.2, 0.25) is 5.76 Å². The van der Waals surface area contributed by atoms with Crippen LogP contribution in [-0.4, -0.2) is 29.2 Å². The van der Waals surface area contributed by atoms with E-state index in [1.807, 2.05) is 0 Å². The van der Waals surface area contributed by atoms with Gasteiger partial charge in [-0.25, -0.2) is 4.79 Å². The third kappa shape index (κ3) is 3.77. The molecule has 0 aromatic carbocycles. The molecule has 0 spiro atoms. The minimum atomic E-state index is -0.440. The second-order valence-corrected chi connectivity index (χ2v) is 8.95. The number of carbonyl (C=O) groups excluding carboxylic acids is 2. The number of esters is 1. The third-order valence-corrected chi connectivity index (χ3v) is 5.87. The van der Waals surface area contributed by atoms with Crippen molar-refractivity contribution in [3.05, 3.63) is 33.5 Å². The molecule has 2 N–H and O–H groups in total. The van der Waals surface area contributed by atoms with Crippen molar-refractivity contribution in [2.75, 3.05) is 11.9 Å². The van der Waals surface area contributed by atoms with E-state index >= 15 is 0 Å². The van der Waals surface area contributed by atoms with Crippen molar-refractivity contribution in [2.45, 2.75) is 59.0 Å². The van der Waals surface area contributed by atoms with E-state index in [1.54, 1.807) is 19.9 Å². The molecule has 0 unspecified atom stereocenters. The zero-order valence-electron chi connectivity index (χ0n) is 16.5. The maximum atomic E-state index is 12.7. The van der Waals surface area contributed by atoms with Crippen LogP contribution in [0.25, 0.3) is 0 Å². The second-order valence-electron chi connectivity index (χ2n) is 7.93. The molecule has 1 amide bonds. The number of rotatable bonds is 4. The maximum absolute atomic E-state index is 12.7. The number of hydrogen-bond acceptors (Lipinski definition) is 7. The molecule has 27 heavy (non-hydrogen) atoms. The lowest BCUT2D eigenvalue weighted by Gasteiger charge is -2.42. The summed E-state index contributed by atoms with van der Waals surface area (Å²) in [6.07, 6.45) is 0.660. The Morgan fingerprint density at radius 1 is 1.37 bits per heavy atom. The molecule has 0 bridgehead atoms. The van der Waals surface area contributed by atoms with Gasteiger partial charge in [0.1, 0.15) is 5.00 Å². The molecule has 0 fully saturated rings. The number of aryl methyl sites for hydroxylation is 1. The SMILES string of the molecule is CCOC(=O)c1c(NC(=O)c2cc(C)no2)sc2c1CC(C)(C)NC2(C)C. The number of aromatic nitrogens is 1. The smallest absolute Gasteiger partial charge is 0.341 e. The van der Waals surface area contributed by atoms with Crippen molar-refractivity contribution in [3.63, 3.8) is 0 Å². The van der Waals surface area contributed by atoms with Gasteiger partial charge in [-0.05, 0) is 53.5 Å². The number of nitrogens with zero attached hydrogens (tertiary/aromatic N) is 1. The first-order chi connectivity index (χ1) is 12.5. The number of carbonyl (C=O) groups is 2.